The van der Waals surface area contributed by atoms with E-state index in [1.165, 1.54) is 0 Å². The third kappa shape index (κ3) is 0.832. The number of hydrogen-bond donors (Lipinski definition) is 1. The van der Waals surface area contributed by atoms with Crippen LogP contribution in [0, 0.1) is 0 Å². The molecule has 1 N–H and O–H groups in total. The zero-order valence-corrected chi connectivity index (χ0v) is 6.03. The van der Waals surface area contributed by atoms with E-state index in [1.54, 1.807) is 10.7 Å². The zero-order valence-electron chi connectivity index (χ0n) is 6.03. The fraction of sp³-hybridized carbons (Fsp3) is 0.143. The van der Waals surface area contributed by atoms with Crippen LogP contribution in [0.15, 0.2) is 12.3 Å². The van der Waals surface area contributed by atoms with Crippen LogP contribution in [0.25, 0.3) is 11.0 Å². The highest BCUT2D eigenvalue weighted by atomic mass is 16.1. The van der Waals surface area contributed by atoms with Crippen LogP contribution in [0.5, 0.6) is 0 Å². The van der Waals surface area contributed by atoms with Crippen LogP contribution in [0.1, 0.15) is 10.5 Å². The maximum absolute atomic E-state index is 10.3. The molecule has 0 radical (unpaired) electrons. The number of nitrogens with one attached hydrogen (secondary N) is 1. The lowest BCUT2D eigenvalue weighted by atomic mass is 10.4. The molecular weight excluding hydrogens is 142 g/mol. The summed E-state index contributed by atoms with van der Waals surface area (Å²) in [6.45, 7) is 0. The van der Waals surface area contributed by atoms with Gasteiger partial charge in [-0.2, -0.15) is 5.10 Å². The molecule has 0 atom stereocenters. The monoisotopic (exact) mass is 149 g/mol. The second kappa shape index (κ2) is 1.95. The third-order valence-electron chi connectivity index (χ3n) is 1.56. The Hall–Kier alpha value is -1.58. The number of carbonyl (C=O) groups excluding carboxylic acids is 1. The molecule has 2 heterocycles. The molecule has 0 fully saturated rings. The molecule has 2 aromatic heterocycles. The summed E-state index contributed by atoms with van der Waals surface area (Å²) in [4.78, 5) is 13.2. The SMILES string of the molecule is Cn1cc2[nH]c(C=O)cc2n1. The molecule has 11 heavy (non-hydrogen) atoms. The number of aryl methyl sites for hydroxylation is 1. The molecular formula is C7H7N3O. The van der Waals surface area contributed by atoms with Gasteiger partial charge in [0.15, 0.2) is 6.29 Å². The summed E-state index contributed by atoms with van der Waals surface area (Å²) in [5, 5.41) is 4.11. The van der Waals surface area contributed by atoms with Gasteiger partial charge in [-0.15, -0.1) is 0 Å². The minimum atomic E-state index is 0.572. The van der Waals surface area contributed by atoms with E-state index in [0.717, 1.165) is 17.3 Å². The lowest BCUT2D eigenvalue weighted by Crippen LogP contribution is -1.86. The highest BCUT2D eigenvalue weighted by Crippen LogP contribution is 2.10. The van der Waals surface area contributed by atoms with Gasteiger partial charge in [0, 0.05) is 13.2 Å². The van der Waals surface area contributed by atoms with Crippen molar-refractivity contribution in [1.82, 2.24) is 14.8 Å². The molecule has 2 aromatic rings. The second-order valence-corrected chi connectivity index (χ2v) is 2.44. The fourth-order valence-corrected chi connectivity index (χ4v) is 1.11. The number of nitrogens with zero attached hydrogens (tertiary/aromatic N) is 2. The van der Waals surface area contributed by atoms with Gasteiger partial charge in [-0.1, -0.05) is 0 Å². The summed E-state index contributed by atoms with van der Waals surface area (Å²) < 4.78 is 1.70. The Labute approximate surface area is 62.8 Å². The molecule has 4 heteroatoms. The number of carbonyl (C=O) groups is 1. The molecule has 0 aliphatic carbocycles. The van der Waals surface area contributed by atoms with Gasteiger partial charge >= 0.3 is 0 Å². The number of rotatable bonds is 1. The predicted molar refractivity (Wildman–Crippen MR) is 40.5 cm³/mol. The molecule has 0 aromatic carbocycles. The maximum Gasteiger partial charge on any atom is 0.166 e. The van der Waals surface area contributed by atoms with E-state index in [4.69, 9.17) is 0 Å². The highest BCUT2D eigenvalue weighted by Gasteiger charge is 2.01. The summed E-state index contributed by atoms with van der Waals surface area (Å²) >= 11 is 0. The van der Waals surface area contributed by atoms with E-state index < -0.39 is 0 Å². The number of hydrogen-bond acceptors (Lipinski definition) is 2. The van der Waals surface area contributed by atoms with E-state index in [9.17, 15) is 4.79 Å². The van der Waals surface area contributed by atoms with Crippen molar-refractivity contribution in [3.05, 3.63) is 18.0 Å². The zero-order chi connectivity index (χ0) is 7.84. The van der Waals surface area contributed by atoms with E-state index in [0.29, 0.717) is 5.69 Å². The van der Waals surface area contributed by atoms with Crippen LogP contribution >= 0.6 is 0 Å². The van der Waals surface area contributed by atoms with E-state index in [-0.39, 0.29) is 0 Å². The molecule has 56 valence electrons. The average Bonchev–Trinajstić information content (AvgIpc) is 2.43. The van der Waals surface area contributed by atoms with E-state index in [1.807, 2.05) is 13.2 Å². The van der Waals surface area contributed by atoms with Crippen molar-refractivity contribution in [2.24, 2.45) is 7.05 Å². The summed E-state index contributed by atoms with van der Waals surface area (Å²) in [5.74, 6) is 0. The first-order chi connectivity index (χ1) is 5.29. The van der Waals surface area contributed by atoms with Gasteiger partial charge < -0.3 is 4.98 Å². The normalized spacial score (nSPS) is 10.6. The maximum atomic E-state index is 10.3. The molecule has 0 aliphatic rings. The van der Waals surface area contributed by atoms with Crippen LogP contribution in [-0.4, -0.2) is 21.1 Å². The summed E-state index contributed by atoms with van der Waals surface area (Å²) in [6.07, 6.45) is 2.62. The van der Waals surface area contributed by atoms with E-state index >= 15 is 0 Å². The van der Waals surface area contributed by atoms with Gasteiger partial charge in [-0.05, 0) is 6.07 Å². The Morgan fingerprint density at radius 3 is 3.18 bits per heavy atom. The van der Waals surface area contributed by atoms with Crippen molar-refractivity contribution < 1.29 is 4.79 Å². The fourth-order valence-electron chi connectivity index (χ4n) is 1.11. The van der Waals surface area contributed by atoms with Gasteiger partial charge in [-0.3, -0.25) is 9.48 Å². The minimum absolute atomic E-state index is 0.572. The molecule has 0 saturated carbocycles. The summed E-state index contributed by atoms with van der Waals surface area (Å²) in [6, 6.07) is 1.72. The van der Waals surface area contributed by atoms with Crippen molar-refractivity contribution in [1.29, 1.82) is 0 Å². The van der Waals surface area contributed by atoms with Gasteiger partial charge in [0.1, 0.15) is 5.52 Å². The van der Waals surface area contributed by atoms with Crippen LogP contribution in [0.3, 0.4) is 0 Å². The first-order valence-corrected chi connectivity index (χ1v) is 3.27. The van der Waals surface area contributed by atoms with Gasteiger partial charge in [0.2, 0.25) is 0 Å². The molecule has 0 bridgehead atoms. The summed E-state index contributed by atoms with van der Waals surface area (Å²) in [7, 11) is 1.84. The largest absolute Gasteiger partial charge is 0.350 e. The highest BCUT2D eigenvalue weighted by molar-refractivity contribution is 5.84. The second-order valence-electron chi connectivity index (χ2n) is 2.44. The third-order valence-corrected chi connectivity index (χ3v) is 1.56. The topological polar surface area (TPSA) is 50.7 Å². The number of aldehydes is 1. The molecule has 0 amide bonds. The molecule has 0 unspecified atom stereocenters. The lowest BCUT2D eigenvalue weighted by molar-refractivity contribution is 0.112. The van der Waals surface area contributed by atoms with Crippen LogP contribution in [0.4, 0.5) is 0 Å². The van der Waals surface area contributed by atoms with Crippen molar-refractivity contribution in [2.75, 3.05) is 0 Å². The Balaban J connectivity index is 2.72. The lowest BCUT2D eigenvalue weighted by Gasteiger charge is -1.82. The van der Waals surface area contributed by atoms with Crippen molar-refractivity contribution in [3.63, 3.8) is 0 Å². The average molecular weight is 149 g/mol. The Kier molecular flexibility index (Phi) is 1.09. The minimum Gasteiger partial charge on any atom is -0.350 e. The van der Waals surface area contributed by atoms with Crippen LogP contribution < -0.4 is 0 Å². The van der Waals surface area contributed by atoms with Crippen LogP contribution in [-0.2, 0) is 7.05 Å². The van der Waals surface area contributed by atoms with Crippen molar-refractivity contribution >= 4 is 17.3 Å². The first-order valence-electron chi connectivity index (χ1n) is 3.27. The Morgan fingerprint density at radius 1 is 1.73 bits per heavy atom. The van der Waals surface area contributed by atoms with E-state index in [2.05, 4.69) is 10.1 Å². The van der Waals surface area contributed by atoms with Gasteiger partial charge in [-0.25, -0.2) is 0 Å². The number of fused-ring (bicyclic) bond motifs is 1. The van der Waals surface area contributed by atoms with Crippen molar-refractivity contribution in [3.8, 4) is 0 Å². The molecule has 4 nitrogen and oxygen atoms in total. The predicted octanol–water partition coefficient (Wildman–Crippen LogP) is 0.714. The van der Waals surface area contributed by atoms with Crippen molar-refractivity contribution in [2.45, 2.75) is 0 Å². The Bertz CT molecular complexity index is 367. The first kappa shape index (κ1) is 6.15. The standard InChI is InChI=1S/C7H7N3O/c1-10-3-7-6(9-10)2-5(4-11)8-7/h2-4,8H,1H3. The molecule has 0 aliphatic heterocycles. The smallest absolute Gasteiger partial charge is 0.166 e. The molecule has 2 rings (SSSR count). The quantitative estimate of drug-likeness (QED) is 0.607. The number of H-pyrrole nitrogens is 1. The number of aromatic nitrogens is 3. The summed E-state index contributed by atoms with van der Waals surface area (Å²) in [5.41, 5.74) is 2.30. The Morgan fingerprint density at radius 2 is 2.55 bits per heavy atom. The van der Waals surface area contributed by atoms with Gasteiger partial charge in [0.05, 0.1) is 11.2 Å². The molecule has 0 spiro atoms. The van der Waals surface area contributed by atoms with Crippen LogP contribution in [0.2, 0.25) is 0 Å². The van der Waals surface area contributed by atoms with Gasteiger partial charge in [0.25, 0.3) is 0 Å². The number of aromatic amines is 1. The molecule has 0 saturated heterocycles.